The Labute approximate surface area is 102 Å². The zero-order valence-corrected chi connectivity index (χ0v) is 10.0. The number of benzene rings is 2. The Morgan fingerprint density at radius 3 is 2.24 bits per heavy atom. The summed E-state index contributed by atoms with van der Waals surface area (Å²) in [5.41, 5.74) is 3.85. The molecule has 1 fully saturated rings. The van der Waals surface area contributed by atoms with Crippen molar-refractivity contribution in [1.82, 2.24) is 0 Å². The Hall–Kier alpha value is -1.60. The first-order valence-corrected chi connectivity index (χ1v) is 6.05. The maximum atomic E-state index is 5.63. The van der Waals surface area contributed by atoms with E-state index in [2.05, 4.69) is 48.5 Å². The summed E-state index contributed by atoms with van der Waals surface area (Å²) in [5, 5.41) is 0. The molecular weight excluding hydrogens is 208 g/mol. The summed E-state index contributed by atoms with van der Waals surface area (Å²) in [6, 6.07) is 19.2. The maximum absolute atomic E-state index is 5.63. The molecule has 1 nitrogen and oxygen atoms in total. The lowest BCUT2D eigenvalue weighted by molar-refractivity contribution is 0.0789. The Kier molecular flexibility index (Phi) is 2.49. The zero-order chi connectivity index (χ0) is 11.7. The lowest BCUT2D eigenvalue weighted by atomic mass is 10.00. The molecule has 0 atom stereocenters. The molecule has 17 heavy (non-hydrogen) atoms. The van der Waals surface area contributed by atoms with Crippen molar-refractivity contribution in [1.29, 1.82) is 0 Å². The van der Waals surface area contributed by atoms with Crippen LogP contribution in [-0.2, 0) is 10.3 Å². The molecule has 3 rings (SSSR count). The van der Waals surface area contributed by atoms with Gasteiger partial charge in [0.25, 0.3) is 0 Å². The fourth-order valence-electron chi connectivity index (χ4n) is 2.34. The molecule has 0 heterocycles. The molecule has 1 saturated carbocycles. The van der Waals surface area contributed by atoms with Gasteiger partial charge in [-0.25, -0.2) is 0 Å². The topological polar surface area (TPSA) is 9.23 Å². The molecule has 0 radical (unpaired) electrons. The van der Waals surface area contributed by atoms with Gasteiger partial charge in [-0.3, -0.25) is 0 Å². The van der Waals surface area contributed by atoms with Crippen molar-refractivity contribution in [3.63, 3.8) is 0 Å². The van der Waals surface area contributed by atoms with E-state index in [1.807, 2.05) is 13.2 Å². The third kappa shape index (κ3) is 1.87. The lowest BCUT2D eigenvalue weighted by Crippen LogP contribution is -2.08. The van der Waals surface area contributed by atoms with Crippen LogP contribution in [0.5, 0.6) is 0 Å². The molecule has 0 amide bonds. The van der Waals surface area contributed by atoms with Gasteiger partial charge in [-0.15, -0.1) is 0 Å². The minimum atomic E-state index is 0.00475. The van der Waals surface area contributed by atoms with Crippen molar-refractivity contribution in [2.45, 2.75) is 18.4 Å². The van der Waals surface area contributed by atoms with Crippen LogP contribution >= 0.6 is 0 Å². The Morgan fingerprint density at radius 2 is 1.59 bits per heavy atom. The number of hydrogen-bond acceptors (Lipinski definition) is 1. The summed E-state index contributed by atoms with van der Waals surface area (Å²) in [6.07, 6.45) is 2.28. The zero-order valence-electron chi connectivity index (χ0n) is 10.0. The minimum absolute atomic E-state index is 0.00475. The molecule has 0 unspecified atom stereocenters. The molecular formula is C16H16O. The van der Waals surface area contributed by atoms with E-state index in [-0.39, 0.29) is 5.60 Å². The van der Waals surface area contributed by atoms with Crippen molar-refractivity contribution < 1.29 is 4.74 Å². The summed E-state index contributed by atoms with van der Waals surface area (Å²) in [7, 11) is 1.81. The fourth-order valence-corrected chi connectivity index (χ4v) is 2.34. The average Bonchev–Trinajstić information content (AvgIpc) is 3.21. The van der Waals surface area contributed by atoms with E-state index in [0.29, 0.717) is 0 Å². The third-order valence-corrected chi connectivity index (χ3v) is 3.59. The SMILES string of the molecule is COC1(c2cccc(-c3ccccc3)c2)CC1. The molecule has 0 spiro atoms. The monoisotopic (exact) mass is 224 g/mol. The summed E-state index contributed by atoms with van der Waals surface area (Å²) in [5.74, 6) is 0. The second kappa shape index (κ2) is 4.01. The highest BCUT2D eigenvalue weighted by molar-refractivity contribution is 5.64. The lowest BCUT2D eigenvalue weighted by Gasteiger charge is -2.14. The molecule has 2 aromatic rings. The van der Waals surface area contributed by atoms with Gasteiger partial charge in [-0.1, -0.05) is 48.5 Å². The van der Waals surface area contributed by atoms with E-state index in [9.17, 15) is 0 Å². The predicted octanol–water partition coefficient (Wildman–Crippen LogP) is 3.99. The van der Waals surface area contributed by atoms with Crippen LogP contribution < -0.4 is 0 Å². The molecule has 0 aliphatic heterocycles. The number of ether oxygens (including phenoxy) is 1. The van der Waals surface area contributed by atoms with Crippen molar-refractivity contribution in [2.75, 3.05) is 7.11 Å². The van der Waals surface area contributed by atoms with Gasteiger partial charge in [-0.2, -0.15) is 0 Å². The minimum Gasteiger partial charge on any atom is -0.374 e. The largest absolute Gasteiger partial charge is 0.374 e. The highest BCUT2D eigenvalue weighted by Crippen LogP contribution is 2.49. The molecule has 2 aromatic carbocycles. The first-order chi connectivity index (χ1) is 8.34. The van der Waals surface area contributed by atoms with E-state index in [1.54, 1.807) is 0 Å². The highest BCUT2D eigenvalue weighted by atomic mass is 16.5. The predicted molar refractivity (Wildman–Crippen MR) is 69.8 cm³/mol. The van der Waals surface area contributed by atoms with E-state index >= 15 is 0 Å². The second-order valence-electron chi connectivity index (χ2n) is 4.65. The van der Waals surface area contributed by atoms with Crippen LogP contribution in [0.4, 0.5) is 0 Å². The number of methoxy groups -OCH3 is 1. The Bertz CT molecular complexity index is 512. The van der Waals surface area contributed by atoms with Gasteiger partial charge in [0.05, 0.1) is 5.60 Å². The summed E-state index contributed by atoms with van der Waals surface area (Å²) in [6.45, 7) is 0. The van der Waals surface area contributed by atoms with Gasteiger partial charge in [0, 0.05) is 7.11 Å². The molecule has 0 aromatic heterocycles. The van der Waals surface area contributed by atoms with Crippen LogP contribution in [0.25, 0.3) is 11.1 Å². The third-order valence-electron chi connectivity index (χ3n) is 3.59. The first kappa shape index (κ1) is 10.5. The summed E-state index contributed by atoms with van der Waals surface area (Å²) >= 11 is 0. The fraction of sp³-hybridized carbons (Fsp3) is 0.250. The Balaban J connectivity index is 2.00. The molecule has 1 aliphatic rings. The van der Waals surface area contributed by atoms with Crippen molar-refractivity contribution in [2.24, 2.45) is 0 Å². The van der Waals surface area contributed by atoms with Crippen molar-refractivity contribution >= 4 is 0 Å². The number of rotatable bonds is 3. The summed E-state index contributed by atoms with van der Waals surface area (Å²) in [4.78, 5) is 0. The van der Waals surface area contributed by atoms with E-state index in [4.69, 9.17) is 4.74 Å². The normalized spacial score (nSPS) is 16.8. The average molecular weight is 224 g/mol. The van der Waals surface area contributed by atoms with Crippen LogP contribution in [0.1, 0.15) is 18.4 Å². The molecule has 0 saturated heterocycles. The van der Waals surface area contributed by atoms with Crippen LogP contribution in [0, 0.1) is 0 Å². The van der Waals surface area contributed by atoms with Gasteiger partial charge in [0.2, 0.25) is 0 Å². The van der Waals surface area contributed by atoms with Crippen molar-refractivity contribution in [3.8, 4) is 11.1 Å². The smallest absolute Gasteiger partial charge is 0.0930 e. The first-order valence-electron chi connectivity index (χ1n) is 6.05. The highest BCUT2D eigenvalue weighted by Gasteiger charge is 2.44. The van der Waals surface area contributed by atoms with Crippen LogP contribution in [0.15, 0.2) is 54.6 Å². The number of hydrogen-bond donors (Lipinski definition) is 0. The van der Waals surface area contributed by atoms with Gasteiger partial charge in [-0.05, 0) is 35.6 Å². The van der Waals surface area contributed by atoms with Gasteiger partial charge in [0.15, 0.2) is 0 Å². The van der Waals surface area contributed by atoms with Crippen LogP contribution in [0.3, 0.4) is 0 Å². The molecule has 1 aliphatic carbocycles. The van der Waals surface area contributed by atoms with Gasteiger partial charge in [0.1, 0.15) is 0 Å². The molecule has 0 N–H and O–H groups in total. The van der Waals surface area contributed by atoms with E-state index in [0.717, 1.165) is 12.8 Å². The van der Waals surface area contributed by atoms with Crippen LogP contribution in [-0.4, -0.2) is 7.11 Å². The molecule has 0 bridgehead atoms. The maximum Gasteiger partial charge on any atom is 0.0930 e. The Morgan fingerprint density at radius 1 is 0.882 bits per heavy atom. The van der Waals surface area contributed by atoms with E-state index < -0.39 is 0 Å². The second-order valence-corrected chi connectivity index (χ2v) is 4.65. The van der Waals surface area contributed by atoms with Crippen LogP contribution in [0.2, 0.25) is 0 Å². The van der Waals surface area contributed by atoms with Crippen molar-refractivity contribution in [3.05, 3.63) is 60.2 Å². The van der Waals surface area contributed by atoms with Gasteiger partial charge >= 0.3 is 0 Å². The quantitative estimate of drug-likeness (QED) is 0.766. The van der Waals surface area contributed by atoms with Gasteiger partial charge < -0.3 is 4.74 Å². The standard InChI is InChI=1S/C16H16O/c1-17-16(10-11-16)15-9-5-8-14(12-15)13-6-3-2-4-7-13/h2-9,12H,10-11H2,1H3. The molecule has 86 valence electrons. The molecule has 1 heteroatoms. The van der Waals surface area contributed by atoms with E-state index in [1.165, 1.54) is 16.7 Å². The summed E-state index contributed by atoms with van der Waals surface area (Å²) < 4.78 is 5.63.